The lowest BCUT2D eigenvalue weighted by molar-refractivity contribution is -0.189. The van der Waals surface area contributed by atoms with Crippen LogP contribution in [0.3, 0.4) is 0 Å². The Morgan fingerprint density at radius 3 is 2.72 bits per heavy atom. The van der Waals surface area contributed by atoms with Crippen molar-refractivity contribution >= 4 is 15.9 Å². The molecule has 4 atom stereocenters. The fraction of sp³-hybridized carbons (Fsp3) is 0.500. The number of carbonyl (C=O) groups excluding carboxylic acids is 1. The number of ether oxygens (including phenoxy) is 1. The molecule has 1 spiro atoms. The number of aliphatic hydroxyl groups is 1. The standard InChI is InChI=1S/C21H21NO5.CH4O3S/c23-14-2-1-13-9-16-21(25)5-3-15(24)19-20(21,17(13)18(14)27-19)6-7-22(16)10-12-4-8-26-11-12;1-5(2,3)4/h1-2,4,8,11,16,19,23,25H,3,5-7,9-10H2;1H3,(H,2,3,4)/p-1. The second kappa shape index (κ2) is 7.05. The Morgan fingerprint density at radius 2 is 2.03 bits per heavy atom. The van der Waals surface area contributed by atoms with Crippen molar-refractivity contribution in [3.05, 3.63) is 47.4 Å². The van der Waals surface area contributed by atoms with Crippen molar-refractivity contribution in [1.82, 2.24) is 4.90 Å². The lowest BCUT2D eigenvalue weighted by Crippen LogP contribution is -2.76. The number of aromatic hydroxyl groups is 1. The molecule has 32 heavy (non-hydrogen) atoms. The first-order valence-corrected chi connectivity index (χ1v) is 12.3. The molecule has 172 valence electrons. The number of phenols is 1. The molecule has 6 rings (SSSR count). The number of hydrogen-bond donors (Lipinski definition) is 2. The zero-order valence-electron chi connectivity index (χ0n) is 17.5. The lowest BCUT2D eigenvalue weighted by Gasteiger charge is -2.62. The maximum Gasteiger partial charge on any atom is 0.174 e. The minimum Gasteiger partial charge on any atom is -0.748 e. The summed E-state index contributed by atoms with van der Waals surface area (Å²) in [6, 6.07) is 5.43. The van der Waals surface area contributed by atoms with Gasteiger partial charge >= 0.3 is 0 Å². The normalized spacial score (nSPS) is 32.5. The highest BCUT2D eigenvalue weighted by molar-refractivity contribution is 7.84. The van der Waals surface area contributed by atoms with Gasteiger partial charge in [-0.1, -0.05) is 6.07 Å². The minimum atomic E-state index is -3.92. The molecular formula is C22H24NO8S-. The number of likely N-dealkylation sites (tertiary alicyclic amines) is 1. The Morgan fingerprint density at radius 1 is 1.28 bits per heavy atom. The van der Waals surface area contributed by atoms with E-state index in [4.69, 9.17) is 22.1 Å². The molecule has 4 unspecified atom stereocenters. The third-order valence-corrected chi connectivity index (χ3v) is 7.33. The van der Waals surface area contributed by atoms with Gasteiger partial charge in [-0.25, -0.2) is 8.42 Å². The fourth-order valence-electron chi connectivity index (χ4n) is 6.22. The highest BCUT2D eigenvalue weighted by Gasteiger charge is 2.73. The van der Waals surface area contributed by atoms with Gasteiger partial charge in [0.25, 0.3) is 0 Å². The van der Waals surface area contributed by atoms with E-state index in [0.717, 1.165) is 23.2 Å². The molecule has 9 nitrogen and oxygen atoms in total. The number of ketones is 1. The van der Waals surface area contributed by atoms with Gasteiger partial charge in [-0.05, 0) is 37.0 Å². The Balaban J connectivity index is 0.000000393. The van der Waals surface area contributed by atoms with E-state index in [1.165, 1.54) is 0 Å². The number of carbonyl (C=O) groups is 1. The maximum atomic E-state index is 12.8. The van der Waals surface area contributed by atoms with Crippen LogP contribution >= 0.6 is 0 Å². The van der Waals surface area contributed by atoms with Crippen LogP contribution in [0.2, 0.25) is 0 Å². The van der Waals surface area contributed by atoms with Crippen molar-refractivity contribution in [1.29, 1.82) is 0 Å². The van der Waals surface area contributed by atoms with E-state index in [9.17, 15) is 15.0 Å². The van der Waals surface area contributed by atoms with Gasteiger partial charge in [0.05, 0.1) is 33.7 Å². The van der Waals surface area contributed by atoms with Crippen LogP contribution in [0.15, 0.2) is 35.1 Å². The predicted molar refractivity (Wildman–Crippen MR) is 110 cm³/mol. The highest BCUT2D eigenvalue weighted by atomic mass is 32.2. The topological polar surface area (TPSA) is 140 Å². The van der Waals surface area contributed by atoms with Crippen molar-refractivity contribution in [2.45, 2.75) is 55.4 Å². The molecule has 2 aromatic rings. The molecule has 3 heterocycles. The van der Waals surface area contributed by atoms with Crippen molar-refractivity contribution in [2.24, 2.45) is 0 Å². The van der Waals surface area contributed by atoms with Gasteiger partial charge in [0.15, 0.2) is 23.4 Å². The number of hydrogen-bond acceptors (Lipinski definition) is 9. The Bertz CT molecular complexity index is 1170. The molecule has 2 aliphatic carbocycles. The molecule has 2 N–H and O–H groups in total. The van der Waals surface area contributed by atoms with E-state index >= 15 is 0 Å². The molecule has 2 fully saturated rings. The second-order valence-electron chi connectivity index (χ2n) is 9.08. The number of rotatable bonds is 2. The molecular weight excluding hydrogens is 438 g/mol. The van der Waals surface area contributed by atoms with Crippen LogP contribution in [-0.2, 0) is 33.3 Å². The molecule has 2 aliphatic heterocycles. The van der Waals surface area contributed by atoms with E-state index in [-0.39, 0.29) is 17.6 Å². The summed E-state index contributed by atoms with van der Waals surface area (Å²) in [5.41, 5.74) is 1.24. The Kier molecular flexibility index (Phi) is 4.72. The van der Waals surface area contributed by atoms with Crippen molar-refractivity contribution in [3.8, 4) is 11.5 Å². The second-order valence-corrected chi connectivity index (χ2v) is 10.5. The molecule has 1 saturated carbocycles. The number of furan rings is 1. The summed E-state index contributed by atoms with van der Waals surface area (Å²) in [6.45, 7) is 1.47. The summed E-state index contributed by atoms with van der Waals surface area (Å²) < 4.78 is 38.5. The van der Waals surface area contributed by atoms with Crippen LogP contribution in [0.5, 0.6) is 11.5 Å². The monoisotopic (exact) mass is 462 g/mol. The zero-order valence-corrected chi connectivity index (χ0v) is 18.3. The first-order chi connectivity index (χ1) is 15.0. The van der Waals surface area contributed by atoms with Crippen LogP contribution in [0.4, 0.5) is 0 Å². The van der Waals surface area contributed by atoms with Gasteiger partial charge in [0.1, 0.15) is 0 Å². The van der Waals surface area contributed by atoms with Crippen molar-refractivity contribution in [2.75, 3.05) is 12.8 Å². The van der Waals surface area contributed by atoms with Gasteiger partial charge < -0.3 is 23.9 Å². The quantitative estimate of drug-likeness (QED) is 0.627. The number of nitrogens with zero attached hydrogens (tertiary/aromatic N) is 1. The molecule has 10 heteroatoms. The van der Waals surface area contributed by atoms with E-state index in [2.05, 4.69) is 4.90 Å². The van der Waals surface area contributed by atoms with Crippen LogP contribution in [0.25, 0.3) is 0 Å². The molecule has 1 aromatic heterocycles. The van der Waals surface area contributed by atoms with Gasteiger partial charge in [0, 0.05) is 42.9 Å². The SMILES string of the molecule is CS(=O)(=O)[O-].O=C1CCC2(O)C3Cc4ccc(O)c5c4C2(CCN3Cc2ccoc2)C1O5. The summed E-state index contributed by atoms with van der Waals surface area (Å²) in [7, 11) is -3.92. The van der Waals surface area contributed by atoms with Crippen molar-refractivity contribution in [3.63, 3.8) is 0 Å². The van der Waals surface area contributed by atoms with Crippen LogP contribution < -0.4 is 4.74 Å². The number of piperidine rings is 1. The Labute approximate surface area is 185 Å². The number of benzene rings is 1. The third kappa shape index (κ3) is 3.01. The molecule has 1 aromatic carbocycles. The third-order valence-electron chi connectivity index (χ3n) is 7.33. The molecule has 0 amide bonds. The van der Waals surface area contributed by atoms with E-state index < -0.39 is 27.2 Å². The number of Topliss-reactive ketones (excluding diaryl/α,β-unsaturated/α-hetero) is 1. The first kappa shape index (κ1) is 21.4. The molecule has 2 bridgehead atoms. The number of phenolic OH excluding ortho intramolecular Hbond substituents is 1. The lowest BCUT2D eigenvalue weighted by atomic mass is 9.49. The highest BCUT2D eigenvalue weighted by Crippen LogP contribution is 2.64. The van der Waals surface area contributed by atoms with Gasteiger partial charge in [0.2, 0.25) is 0 Å². The van der Waals surface area contributed by atoms with E-state index in [1.807, 2.05) is 12.1 Å². The van der Waals surface area contributed by atoms with Crippen LogP contribution in [-0.4, -0.2) is 64.4 Å². The largest absolute Gasteiger partial charge is 0.748 e. The predicted octanol–water partition coefficient (Wildman–Crippen LogP) is 1.07. The molecule has 4 aliphatic rings. The van der Waals surface area contributed by atoms with Gasteiger partial charge in [-0.3, -0.25) is 9.69 Å². The fourth-order valence-corrected chi connectivity index (χ4v) is 6.22. The average molecular weight is 463 g/mol. The smallest absolute Gasteiger partial charge is 0.174 e. The Hall–Kier alpha value is -2.40. The first-order valence-electron chi connectivity index (χ1n) is 10.5. The van der Waals surface area contributed by atoms with Crippen LogP contribution in [0.1, 0.15) is 36.0 Å². The summed E-state index contributed by atoms with van der Waals surface area (Å²) >= 11 is 0. The average Bonchev–Trinajstić information content (AvgIpc) is 3.32. The molecule has 0 radical (unpaired) electrons. The summed E-state index contributed by atoms with van der Waals surface area (Å²) in [4.78, 5) is 15.1. The summed E-state index contributed by atoms with van der Waals surface area (Å²) in [5.74, 6) is 0.505. The van der Waals surface area contributed by atoms with Gasteiger partial charge in [-0.2, -0.15) is 0 Å². The zero-order chi connectivity index (χ0) is 22.9. The van der Waals surface area contributed by atoms with Crippen LogP contribution in [0, 0.1) is 0 Å². The summed E-state index contributed by atoms with van der Waals surface area (Å²) in [5, 5.41) is 22.4. The molecule has 1 saturated heterocycles. The van der Waals surface area contributed by atoms with Crippen molar-refractivity contribution < 1.29 is 37.1 Å². The van der Waals surface area contributed by atoms with E-state index in [0.29, 0.717) is 44.2 Å². The maximum absolute atomic E-state index is 12.8. The summed E-state index contributed by atoms with van der Waals surface area (Å²) in [6.07, 6.45) is 5.38. The van der Waals surface area contributed by atoms with Gasteiger partial charge in [-0.15, -0.1) is 0 Å². The minimum absolute atomic E-state index is 0.0326. The van der Waals surface area contributed by atoms with E-state index in [1.54, 1.807) is 18.6 Å².